The molecule has 0 aliphatic carbocycles. The van der Waals surface area contributed by atoms with Gasteiger partial charge in [-0.3, -0.25) is 4.79 Å². The molecule has 0 radical (unpaired) electrons. The third-order valence-corrected chi connectivity index (χ3v) is 3.96. The molecule has 1 saturated heterocycles. The molecule has 2 heterocycles. The number of thiazole rings is 1. The van der Waals surface area contributed by atoms with Crippen LogP contribution in [0.15, 0.2) is 11.6 Å². The van der Waals surface area contributed by atoms with Crippen molar-refractivity contribution in [1.29, 1.82) is 0 Å². The molecule has 0 unspecified atom stereocenters. The number of carboxylic acid groups (broad SMARTS) is 1. The van der Waals surface area contributed by atoms with Crippen LogP contribution in [-0.2, 0) is 9.53 Å². The number of carbonyl (C=O) groups excluding carboxylic acids is 1. The first-order chi connectivity index (χ1) is 9.28. The van der Waals surface area contributed by atoms with E-state index in [9.17, 15) is 14.7 Å². The van der Waals surface area contributed by atoms with Crippen molar-refractivity contribution in [2.45, 2.75) is 32.3 Å². The number of hydrogen-bond donors (Lipinski definition) is 1. The van der Waals surface area contributed by atoms with E-state index in [0.29, 0.717) is 6.54 Å². The Balaban J connectivity index is 2.12. The third kappa shape index (κ3) is 3.27. The number of likely N-dealkylation sites (tertiary alicyclic amines) is 1. The molecule has 6 nitrogen and oxygen atoms in total. The molecular formula is C13H18N2O4S. The van der Waals surface area contributed by atoms with E-state index in [1.54, 1.807) is 27.0 Å². The lowest BCUT2D eigenvalue weighted by atomic mass is 9.97. The van der Waals surface area contributed by atoms with Crippen LogP contribution in [0, 0.1) is 5.92 Å². The fourth-order valence-electron chi connectivity index (χ4n) is 2.20. The van der Waals surface area contributed by atoms with Crippen LogP contribution in [0.3, 0.4) is 0 Å². The number of carboxylic acids is 1. The zero-order valence-corrected chi connectivity index (χ0v) is 12.5. The lowest BCUT2D eigenvalue weighted by Crippen LogP contribution is -2.35. The van der Waals surface area contributed by atoms with E-state index in [4.69, 9.17) is 4.74 Å². The van der Waals surface area contributed by atoms with Gasteiger partial charge in [-0.2, -0.15) is 0 Å². The lowest BCUT2D eigenvalue weighted by molar-refractivity contribution is -0.141. The van der Waals surface area contributed by atoms with Gasteiger partial charge in [-0.15, -0.1) is 11.3 Å². The van der Waals surface area contributed by atoms with Gasteiger partial charge >= 0.3 is 12.1 Å². The van der Waals surface area contributed by atoms with Crippen LogP contribution in [0.25, 0.3) is 0 Å². The quantitative estimate of drug-likeness (QED) is 0.905. The second-order valence-electron chi connectivity index (χ2n) is 5.81. The summed E-state index contributed by atoms with van der Waals surface area (Å²) in [7, 11) is 0. The van der Waals surface area contributed by atoms with Gasteiger partial charge in [-0.25, -0.2) is 9.78 Å². The van der Waals surface area contributed by atoms with Crippen LogP contribution in [-0.4, -0.2) is 45.7 Å². The topological polar surface area (TPSA) is 79.7 Å². The van der Waals surface area contributed by atoms with Crippen molar-refractivity contribution in [2.75, 3.05) is 13.1 Å². The van der Waals surface area contributed by atoms with Crippen LogP contribution >= 0.6 is 11.3 Å². The van der Waals surface area contributed by atoms with Crippen LogP contribution in [0.4, 0.5) is 4.79 Å². The van der Waals surface area contributed by atoms with Gasteiger partial charge in [0.05, 0.1) is 10.9 Å². The summed E-state index contributed by atoms with van der Waals surface area (Å²) in [6, 6.07) is 0. The number of ether oxygens (including phenoxy) is 1. The second kappa shape index (κ2) is 5.40. The van der Waals surface area contributed by atoms with E-state index < -0.39 is 23.6 Å². The van der Waals surface area contributed by atoms with Crippen LogP contribution in [0.2, 0.25) is 0 Å². The normalized spacial score (nSPS) is 22.9. The highest BCUT2D eigenvalue weighted by atomic mass is 32.1. The van der Waals surface area contributed by atoms with E-state index >= 15 is 0 Å². The number of hydrogen-bond acceptors (Lipinski definition) is 5. The smallest absolute Gasteiger partial charge is 0.410 e. The first kappa shape index (κ1) is 14.8. The summed E-state index contributed by atoms with van der Waals surface area (Å²) in [6.07, 6.45) is 1.18. The molecule has 2 atom stereocenters. The Labute approximate surface area is 121 Å². The minimum absolute atomic E-state index is 0.161. The van der Waals surface area contributed by atoms with Gasteiger partial charge in [0.2, 0.25) is 0 Å². The number of nitrogens with zero attached hydrogens (tertiary/aromatic N) is 2. The number of aliphatic carboxylic acids is 1. The molecule has 0 spiro atoms. The molecule has 1 aromatic rings. The van der Waals surface area contributed by atoms with Crippen LogP contribution < -0.4 is 0 Å². The fraction of sp³-hybridized carbons (Fsp3) is 0.615. The largest absolute Gasteiger partial charge is 0.481 e. The van der Waals surface area contributed by atoms with Gasteiger partial charge in [0.15, 0.2) is 0 Å². The van der Waals surface area contributed by atoms with Gasteiger partial charge in [-0.1, -0.05) is 0 Å². The van der Waals surface area contributed by atoms with E-state index in [1.807, 2.05) is 5.38 Å². The van der Waals surface area contributed by atoms with Crippen molar-refractivity contribution in [3.8, 4) is 0 Å². The molecule has 20 heavy (non-hydrogen) atoms. The average Bonchev–Trinajstić information content (AvgIpc) is 2.95. The van der Waals surface area contributed by atoms with Gasteiger partial charge < -0.3 is 14.7 Å². The van der Waals surface area contributed by atoms with E-state index in [2.05, 4.69) is 4.98 Å². The maximum atomic E-state index is 12.0. The first-order valence-corrected chi connectivity index (χ1v) is 7.26. The maximum absolute atomic E-state index is 12.0. The first-order valence-electron chi connectivity index (χ1n) is 6.38. The van der Waals surface area contributed by atoms with Crippen molar-refractivity contribution < 1.29 is 19.4 Å². The summed E-state index contributed by atoms with van der Waals surface area (Å²) in [5.74, 6) is -1.80. The summed E-state index contributed by atoms with van der Waals surface area (Å²) >= 11 is 1.42. The molecular weight excluding hydrogens is 280 g/mol. The Morgan fingerprint density at radius 3 is 2.65 bits per heavy atom. The molecule has 1 N–H and O–H groups in total. The predicted molar refractivity (Wildman–Crippen MR) is 73.8 cm³/mol. The molecule has 2 rings (SSSR count). The van der Waals surface area contributed by atoms with Crippen LogP contribution in [0.5, 0.6) is 0 Å². The summed E-state index contributed by atoms with van der Waals surface area (Å²) in [6.45, 7) is 5.85. The van der Waals surface area contributed by atoms with Gasteiger partial charge in [0.1, 0.15) is 5.60 Å². The summed E-state index contributed by atoms with van der Waals surface area (Å²) in [5.41, 5.74) is -0.588. The highest BCUT2D eigenvalue weighted by molar-refractivity contribution is 7.09. The summed E-state index contributed by atoms with van der Waals surface area (Å²) < 4.78 is 5.29. The number of rotatable bonds is 2. The van der Waals surface area contributed by atoms with Crippen molar-refractivity contribution in [3.05, 3.63) is 16.6 Å². The molecule has 0 bridgehead atoms. The summed E-state index contributed by atoms with van der Waals surface area (Å²) in [4.78, 5) is 29.0. The van der Waals surface area contributed by atoms with Crippen molar-refractivity contribution >= 4 is 23.4 Å². The molecule has 1 fully saturated rings. The zero-order chi connectivity index (χ0) is 14.9. The van der Waals surface area contributed by atoms with Crippen molar-refractivity contribution in [2.24, 2.45) is 5.92 Å². The maximum Gasteiger partial charge on any atom is 0.410 e. The molecule has 110 valence electrons. The number of aromatic nitrogens is 1. The zero-order valence-electron chi connectivity index (χ0n) is 11.7. The van der Waals surface area contributed by atoms with Crippen LogP contribution in [0.1, 0.15) is 31.7 Å². The van der Waals surface area contributed by atoms with Crippen molar-refractivity contribution in [1.82, 2.24) is 9.88 Å². The molecule has 1 amide bonds. The third-order valence-electron chi connectivity index (χ3n) is 3.06. The Morgan fingerprint density at radius 1 is 1.45 bits per heavy atom. The Kier molecular flexibility index (Phi) is 3.99. The van der Waals surface area contributed by atoms with Gasteiger partial charge in [0.25, 0.3) is 0 Å². The minimum Gasteiger partial charge on any atom is -0.481 e. The van der Waals surface area contributed by atoms with Gasteiger partial charge in [0, 0.05) is 30.6 Å². The highest BCUT2D eigenvalue weighted by Gasteiger charge is 2.42. The number of amides is 1. The average molecular weight is 298 g/mol. The van der Waals surface area contributed by atoms with Crippen molar-refractivity contribution in [3.63, 3.8) is 0 Å². The molecule has 7 heteroatoms. The Hall–Kier alpha value is -1.63. The standard InChI is InChI=1S/C13H18N2O4S/c1-13(2,3)19-12(18)15-6-8(9(7-15)11(16)17)10-14-4-5-20-10/h4-5,8-9H,6-7H2,1-3H3,(H,16,17)/t8-,9-/m1/s1. The molecule has 0 saturated carbocycles. The van der Waals surface area contributed by atoms with E-state index in [1.165, 1.54) is 16.2 Å². The fourth-order valence-corrected chi connectivity index (χ4v) is 2.99. The molecule has 1 aliphatic heterocycles. The monoisotopic (exact) mass is 298 g/mol. The second-order valence-corrected chi connectivity index (χ2v) is 6.73. The number of carbonyl (C=O) groups is 2. The molecule has 0 aromatic carbocycles. The van der Waals surface area contributed by atoms with Gasteiger partial charge in [-0.05, 0) is 20.8 Å². The predicted octanol–water partition coefficient (Wildman–Crippen LogP) is 2.18. The van der Waals surface area contributed by atoms with E-state index in [-0.39, 0.29) is 12.5 Å². The highest BCUT2D eigenvalue weighted by Crippen LogP contribution is 2.34. The minimum atomic E-state index is -0.906. The lowest BCUT2D eigenvalue weighted by Gasteiger charge is -2.24. The SMILES string of the molecule is CC(C)(C)OC(=O)N1C[C@@H](C(=O)O)[C@H](c2nccs2)C1. The Bertz CT molecular complexity index is 495. The Morgan fingerprint density at radius 2 is 2.15 bits per heavy atom. The molecule has 1 aromatic heterocycles. The summed E-state index contributed by atoms with van der Waals surface area (Å²) in [5, 5.41) is 11.9. The van der Waals surface area contributed by atoms with E-state index in [0.717, 1.165) is 5.01 Å². The molecule has 1 aliphatic rings.